The average molecular weight is 263 g/mol. The van der Waals surface area contributed by atoms with Crippen molar-refractivity contribution in [2.75, 3.05) is 27.2 Å². The lowest BCUT2D eigenvalue weighted by Crippen LogP contribution is -2.26. The quantitative estimate of drug-likeness (QED) is 0.761. The summed E-state index contributed by atoms with van der Waals surface area (Å²) in [6.45, 7) is 3.49. The van der Waals surface area contributed by atoms with Crippen LogP contribution in [0.1, 0.15) is 30.7 Å². The molecular weight excluding hydrogens is 238 g/mol. The van der Waals surface area contributed by atoms with Crippen LogP contribution < -0.4 is 5.32 Å². The maximum atomic E-state index is 5.75. The predicted molar refractivity (Wildman–Crippen MR) is 76.9 cm³/mol. The lowest BCUT2D eigenvalue weighted by molar-refractivity contribution is 0.0992. The Morgan fingerprint density at radius 2 is 2.26 bits per heavy atom. The standard InChI is InChI=1S/C15H25N3O/c1-16-11-13-5-3-6-14(17-13)12-19-10-8-15-7-4-9-18(15)2/h3,5-6,15-16H,4,7-12H2,1-2H3. The van der Waals surface area contributed by atoms with Crippen LogP contribution in [0.2, 0.25) is 0 Å². The number of nitrogens with one attached hydrogen (secondary N) is 1. The van der Waals surface area contributed by atoms with Gasteiger partial charge in [-0.15, -0.1) is 0 Å². The SMILES string of the molecule is CNCc1cccc(COCCC2CCCN2C)n1. The van der Waals surface area contributed by atoms with Crippen molar-refractivity contribution < 1.29 is 4.74 Å². The Morgan fingerprint density at radius 1 is 1.42 bits per heavy atom. The largest absolute Gasteiger partial charge is 0.375 e. The van der Waals surface area contributed by atoms with Crippen molar-refractivity contribution in [1.29, 1.82) is 0 Å². The van der Waals surface area contributed by atoms with E-state index in [0.29, 0.717) is 12.6 Å². The smallest absolute Gasteiger partial charge is 0.0887 e. The zero-order chi connectivity index (χ0) is 13.5. The number of nitrogens with zero attached hydrogens (tertiary/aromatic N) is 2. The van der Waals surface area contributed by atoms with Crippen molar-refractivity contribution >= 4 is 0 Å². The van der Waals surface area contributed by atoms with Crippen LogP contribution >= 0.6 is 0 Å². The van der Waals surface area contributed by atoms with Crippen molar-refractivity contribution in [3.63, 3.8) is 0 Å². The Bertz CT molecular complexity index is 383. The van der Waals surface area contributed by atoms with Crippen LogP contribution in [0.4, 0.5) is 0 Å². The van der Waals surface area contributed by atoms with Crippen molar-refractivity contribution in [2.24, 2.45) is 0 Å². The first-order valence-corrected chi connectivity index (χ1v) is 7.17. The van der Waals surface area contributed by atoms with Crippen molar-refractivity contribution in [2.45, 2.75) is 38.5 Å². The summed E-state index contributed by atoms with van der Waals surface area (Å²) in [5.74, 6) is 0. The number of aromatic nitrogens is 1. The van der Waals surface area contributed by atoms with Gasteiger partial charge in [0.15, 0.2) is 0 Å². The van der Waals surface area contributed by atoms with Gasteiger partial charge in [-0.1, -0.05) is 6.07 Å². The van der Waals surface area contributed by atoms with Gasteiger partial charge < -0.3 is 15.0 Å². The normalized spacial score (nSPS) is 20.0. The molecule has 0 radical (unpaired) electrons. The van der Waals surface area contributed by atoms with Gasteiger partial charge in [-0.2, -0.15) is 0 Å². The third-order valence-electron chi connectivity index (χ3n) is 3.74. The van der Waals surface area contributed by atoms with E-state index in [2.05, 4.69) is 22.2 Å². The third-order valence-corrected chi connectivity index (χ3v) is 3.74. The molecule has 1 aromatic rings. The van der Waals surface area contributed by atoms with E-state index in [9.17, 15) is 0 Å². The Hall–Kier alpha value is -0.970. The topological polar surface area (TPSA) is 37.4 Å². The van der Waals surface area contributed by atoms with Gasteiger partial charge >= 0.3 is 0 Å². The molecule has 1 fully saturated rings. The first kappa shape index (κ1) is 14.4. The van der Waals surface area contributed by atoms with E-state index in [0.717, 1.165) is 31.0 Å². The number of rotatable bonds is 7. The first-order valence-electron chi connectivity index (χ1n) is 7.17. The molecule has 0 saturated carbocycles. The fraction of sp³-hybridized carbons (Fsp3) is 0.667. The number of hydrogen-bond donors (Lipinski definition) is 1. The molecule has 0 aliphatic carbocycles. The first-order chi connectivity index (χ1) is 9.29. The summed E-state index contributed by atoms with van der Waals surface area (Å²) in [4.78, 5) is 6.99. The van der Waals surface area contributed by atoms with Crippen LogP contribution in [-0.4, -0.2) is 43.2 Å². The van der Waals surface area contributed by atoms with Crippen LogP contribution in [0.15, 0.2) is 18.2 Å². The van der Waals surface area contributed by atoms with E-state index in [4.69, 9.17) is 4.74 Å². The van der Waals surface area contributed by atoms with Crippen molar-refractivity contribution in [3.05, 3.63) is 29.6 Å². The minimum atomic E-state index is 0.619. The summed E-state index contributed by atoms with van der Waals surface area (Å²) in [5, 5.41) is 3.11. The van der Waals surface area contributed by atoms with Gasteiger partial charge in [-0.3, -0.25) is 4.98 Å². The number of pyridine rings is 1. The second-order valence-electron chi connectivity index (χ2n) is 5.27. The van der Waals surface area contributed by atoms with Gasteiger partial charge in [0, 0.05) is 19.2 Å². The number of hydrogen-bond acceptors (Lipinski definition) is 4. The summed E-state index contributed by atoms with van der Waals surface area (Å²) in [5.41, 5.74) is 2.09. The minimum Gasteiger partial charge on any atom is -0.375 e. The molecule has 1 aliphatic rings. The van der Waals surface area contributed by atoms with E-state index in [1.54, 1.807) is 0 Å². The molecule has 2 heterocycles. The zero-order valence-electron chi connectivity index (χ0n) is 12.1. The Balaban J connectivity index is 1.69. The molecule has 1 unspecified atom stereocenters. The van der Waals surface area contributed by atoms with Gasteiger partial charge in [-0.25, -0.2) is 0 Å². The molecule has 4 nitrogen and oxygen atoms in total. The van der Waals surface area contributed by atoms with Gasteiger partial charge in [0.1, 0.15) is 0 Å². The summed E-state index contributed by atoms with van der Waals surface area (Å²) in [6, 6.07) is 6.82. The molecular formula is C15H25N3O. The van der Waals surface area contributed by atoms with E-state index in [1.165, 1.54) is 19.4 Å². The molecule has 1 aliphatic heterocycles. The molecule has 0 amide bonds. The summed E-state index contributed by atoms with van der Waals surface area (Å²) in [7, 11) is 4.14. The third kappa shape index (κ3) is 4.56. The second kappa shape index (κ2) is 7.58. The molecule has 106 valence electrons. The van der Waals surface area contributed by atoms with Crippen LogP contribution in [0.25, 0.3) is 0 Å². The highest BCUT2D eigenvalue weighted by Crippen LogP contribution is 2.17. The Kier molecular flexibility index (Phi) is 5.76. The van der Waals surface area contributed by atoms with Crippen LogP contribution in [0.5, 0.6) is 0 Å². The highest BCUT2D eigenvalue weighted by atomic mass is 16.5. The van der Waals surface area contributed by atoms with Gasteiger partial charge in [0.2, 0.25) is 0 Å². The molecule has 1 aromatic heterocycles. The van der Waals surface area contributed by atoms with E-state index >= 15 is 0 Å². The fourth-order valence-corrected chi connectivity index (χ4v) is 2.63. The van der Waals surface area contributed by atoms with Gasteiger partial charge in [0.05, 0.1) is 18.0 Å². The van der Waals surface area contributed by atoms with Crippen molar-refractivity contribution in [1.82, 2.24) is 15.2 Å². The maximum Gasteiger partial charge on any atom is 0.0887 e. The minimum absolute atomic E-state index is 0.619. The van der Waals surface area contributed by atoms with Gasteiger partial charge in [-0.05, 0) is 52.0 Å². The molecule has 2 rings (SSSR count). The lowest BCUT2D eigenvalue weighted by atomic mass is 10.1. The number of ether oxygens (including phenoxy) is 1. The molecule has 1 atom stereocenters. The fourth-order valence-electron chi connectivity index (χ4n) is 2.63. The maximum absolute atomic E-state index is 5.75. The summed E-state index contributed by atoms with van der Waals surface area (Å²) >= 11 is 0. The molecule has 1 saturated heterocycles. The highest BCUT2D eigenvalue weighted by Gasteiger charge is 2.19. The zero-order valence-corrected chi connectivity index (χ0v) is 12.1. The molecule has 4 heteroatoms. The molecule has 19 heavy (non-hydrogen) atoms. The Labute approximate surface area is 116 Å². The second-order valence-corrected chi connectivity index (χ2v) is 5.27. The van der Waals surface area contributed by atoms with E-state index in [1.807, 2.05) is 25.2 Å². The molecule has 1 N–H and O–H groups in total. The van der Waals surface area contributed by atoms with E-state index in [-0.39, 0.29) is 0 Å². The van der Waals surface area contributed by atoms with Crippen molar-refractivity contribution in [3.8, 4) is 0 Å². The molecule has 0 bridgehead atoms. The van der Waals surface area contributed by atoms with E-state index < -0.39 is 0 Å². The van der Waals surface area contributed by atoms with Gasteiger partial charge in [0.25, 0.3) is 0 Å². The lowest BCUT2D eigenvalue weighted by Gasteiger charge is -2.18. The van der Waals surface area contributed by atoms with Crippen LogP contribution in [-0.2, 0) is 17.9 Å². The summed E-state index contributed by atoms with van der Waals surface area (Å²) < 4.78 is 5.75. The van der Waals surface area contributed by atoms with Crippen LogP contribution in [0, 0.1) is 0 Å². The molecule has 0 aromatic carbocycles. The molecule has 0 spiro atoms. The predicted octanol–water partition coefficient (Wildman–Crippen LogP) is 1.80. The average Bonchev–Trinajstić information content (AvgIpc) is 2.81. The summed E-state index contributed by atoms with van der Waals surface area (Å²) in [6.07, 6.45) is 3.78. The highest BCUT2D eigenvalue weighted by molar-refractivity contribution is 5.10. The number of likely N-dealkylation sites (tertiary alicyclic amines) is 1. The Morgan fingerprint density at radius 3 is 3.00 bits per heavy atom. The monoisotopic (exact) mass is 263 g/mol. The van der Waals surface area contributed by atoms with Crippen LogP contribution in [0.3, 0.4) is 0 Å².